The van der Waals surface area contributed by atoms with Gasteiger partial charge < -0.3 is 30.3 Å². The second kappa shape index (κ2) is 8.79. The molecule has 1 aromatic carbocycles. The van der Waals surface area contributed by atoms with Crippen LogP contribution in [0.4, 0.5) is 0 Å². The molecule has 1 aliphatic rings. The van der Waals surface area contributed by atoms with Crippen molar-refractivity contribution in [2.75, 3.05) is 6.61 Å². The van der Waals surface area contributed by atoms with Crippen molar-refractivity contribution in [3.05, 3.63) is 60.0 Å². The van der Waals surface area contributed by atoms with Gasteiger partial charge in [-0.2, -0.15) is 0 Å². The van der Waals surface area contributed by atoms with E-state index in [-0.39, 0.29) is 0 Å². The molecule has 1 saturated heterocycles. The van der Waals surface area contributed by atoms with Crippen molar-refractivity contribution in [2.45, 2.75) is 43.5 Å². The van der Waals surface area contributed by atoms with Crippen LogP contribution in [-0.2, 0) is 4.74 Å². The highest BCUT2D eigenvalue weighted by Crippen LogP contribution is 2.32. The van der Waals surface area contributed by atoms with Crippen LogP contribution in [-0.4, -0.2) is 82.6 Å². The highest BCUT2D eigenvalue weighted by Gasteiger charge is 2.46. The zero-order valence-corrected chi connectivity index (χ0v) is 16.7. The van der Waals surface area contributed by atoms with Gasteiger partial charge in [-0.05, 0) is 42.3 Å². The average molecular weight is 428 g/mol. The number of rotatable bonds is 5. The lowest BCUT2D eigenvalue weighted by molar-refractivity contribution is -0.250. The highest BCUT2D eigenvalue weighted by atomic mass is 16.6. The Kier molecular flexibility index (Phi) is 6.10. The summed E-state index contributed by atoms with van der Waals surface area (Å²) in [5.41, 5.74) is 3.38. The Morgan fingerprint density at radius 2 is 1.94 bits per heavy atom. The fourth-order valence-electron chi connectivity index (χ4n) is 3.74. The van der Waals surface area contributed by atoms with Gasteiger partial charge in [0.25, 0.3) is 0 Å². The monoisotopic (exact) mass is 428 g/mol. The summed E-state index contributed by atoms with van der Waals surface area (Å²) < 4.78 is 7.07. The molecule has 3 heterocycles. The molecule has 2 aromatic heterocycles. The number of aryl methyl sites for hydroxylation is 1. The van der Waals surface area contributed by atoms with Gasteiger partial charge in [0.1, 0.15) is 42.3 Å². The van der Waals surface area contributed by atoms with Crippen LogP contribution >= 0.6 is 0 Å². The molecule has 0 bridgehead atoms. The summed E-state index contributed by atoms with van der Waals surface area (Å²) in [6.45, 7) is 1.22. The summed E-state index contributed by atoms with van der Waals surface area (Å²) in [4.78, 5) is 4.07. The maximum absolute atomic E-state index is 10.8. The van der Waals surface area contributed by atoms with Crippen molar-refractivity contribution in [1.29, 1.82) is 0 Å². The first kappa shape index (κ1) is 21.5. The molecule has 1 aliphatic heterocycles. The zero-order valence-electron chi connectivity index (χ0n) is 16.7. The molecule has 0 aliphatic carbocycles. The smallest absolute Gasteiger partial charge is 0.117 e. The van der Waals surface area contributed by atoms with E-state index < -0.39 is 43.2 Å². The fraction of sp³-hybridized carbons (Fsp3) is 0.381. The van der Waals surface area contributed by atoms with Crippen LogP contribution in [0.15, 0.2) is 48.9 Å². The molecule has 31 heavy (non-hydrogen) atoms. The van der Waals surface area contributed by atoms with Crippen molar-refractivity contribution >= 4 is 0 Å². The predicted molar refractivity (Wildman–Crippen MR) is 108 cm³/mol. The molecular formula is C21H24N4O6. The van der Waals surface area contributed by atoms with Crippen LogP contribution in [0.2, 0.25) is 0 Å². The fourth-order valence-corrected chi connectivity index (χ4v) is 3.74. The van der Waals surface area contributed by atoms with E-state index in [1.807, 2.05) is 12.1 Å². The number of pyridine rings is 1. The summed E-state index contributed by atoms with van der Waals surface area (Å²) in [7, 11) is 0. The third-order valence-electron chi connectivity index (χ3n) is 5.53. The van der Waals surface area contributed by atoms with E-state index in [4.69, 9.17) is 4.74 Å². The van der Waals surface area contributed by atoms with Crippen LogP contribution in [0.25, 0.3) is 16.9 Å². The summed E-state index contributed by atoms with van der Waals surface area (Å²) in [5.74, 6) is 0. The van der Waals surface area contributed by atoms with E-state index >= 15 is 0 Å². The lowest BCUT2D eigenvalue weighted by atomic mass is 9.88. The molecule has 0 amide bonds. The minimum atomic E-state index is -1.55. The molecule has 0 saturated carbocycles. The van der Waals surface area contributed by atoms with Crippen molar-refractivity contribution in [3.8, 4) is 16.9 Å². The van der Waals surface area contributed by atoms with E-state index in [0.29, 0.717) is 22.5 Å². The van der Waals surface area contributed by atoms with Crippen molar-refractivity contribution in [2.24, 2.45) is 0 Å². The SMILES string of the molecule is Cc1cc(-n2cc(-c3cccnc3)nn2)ccc1[C@@H](O)[C@H]1OC(CO)[C@@H](O)C(O)C1O. The third kappa shape index (κ3) is 4.09. The van der Waals surface area contributed by atoms with Gasteiger partial charge in [-0.1, -0.05) is 11.3 Å². The van der Waals surface area contributed by atoms with Gasteiger partial charge >= 0.3 is 0 Å². The van der Waals surface area contributed by atoms with Crippen LogP contribution in [0, 0.1) is 6.92 Å². The van der Waals surface area contributed by atoms with Gasteiger partial charge in [-0.25, -0.2) is 4.68 Å². The van der Waals surface area contributed by atoms with E-state index in [1.165, 1.54) is 0 Å². The molecule has 10 heteroatoms. The average Bonchev–Trinajstić information content (AvgIpc) is 3.28. The van der Waals surface area contributed by atoms with Gasteiger partial charge in [-0.15, -0.1) is 5.10 Å². The van der Waals surface area contributed by atoms with Crippen LogP contribution in [0.5, 0.6) is 0 Å². The Bertz CT molecular complexity index is 1030. The third-order valence-corrected chi connectivity index (χ3v) is 5.53. The first-order valence-corrected chi connectivity index (χ1v) is 9.83. The first-order chi connectivity index (χ1) is 14.9. The molecular weight excluding hydrogens is 404 g/mol. The molecule has 3 aromatic rings. The number of aliphatic hydroxyl groups is 5. The number of hydrogen-bond acceptors (Lipinski definition) is 9. The summed E-state index contributed by atoms with van der Waals surface area (Å²) in [6.07, 6.45) is -3.01. The van der Waals surface area contributed by atoms with Gasteiger partial charge in [0.2, 0.25) is 0 Å². The van der Waals surface area contributed by atoms with Gasteiger partial charge in [0.15, 0.2) is 0 Å². The van der Waals surface area contributed by atoms with Crippen LogP contribution in [0.3, 0.4) is 0 Å². The van der Waals surface area contributed by atoms with Crippen LogP contribution < -0.4 is 0 Å². The standard InChI is InChI=1S/C21H24N4O6/c1-11-7-13(25-9-15(23-24-25)12-3-2-6-22-8-12)4-5-14(11)17(27)21-20(30)19(29)18(28)16(10-26)31-21/h2-9,16-21,26-30H,10H2,1H3/t16?,17-,18-,19?,20?,21-/m1/s1. The summed E-state index contributed by atoms with van der Waals surface area (Å²) in [5, 5.41) is 58.7. The van der Waals surface area contributed by atoms with Crippen molar-refractivity contribution in [1.82, 2.24) is 20.0 Å². The highest BCUT2D eigenvalue weighted by molar-refractivity contribution is 5.56. The number of aromatic nitrogens is 4. The molecule has 5 N–H and O–H groups in total. The Hall–Kier alpha value is -2.73. The number of ether oxygens (including phenoxy) is 1. The Labute approximate surface area is 178 Å². The van der Waals surface area contributed by atoms with Crippen molar-refractivity contribution in [3.63, 3.8) is 0 Å². The maximum atomic E-state index is 10.8. The molecule has 10 nitrogen and oxygen atoms in total. The van der Waals surface area contributed by atoms with E-state index in [0.717, 1.165) is 5.56 Å². The summed E-state index contributed by atoms with van der Waals surface area (Å²) in [6, 6.07) is 8.89. The molecule has 164 valence electrons. The Morgan fingerprint density at radius 3 is 2.61 bits per heavy atom. The van der Waals surface area contributed by atoms with Crippen molar-refractivity contribution < 1.29 is 30.3 Å². The first-order valence-electron chi connectivity index (χ1n) is 9.83. The number of nitrogens with zero attached hydrogens (tertiary/aromatic N) is 4. The van der Waals surface area contributed by atoms with E-state index in [2.05, 4.69) is 15.3 Å². The molecule has 0 radical (unpaired) electrons. The second-order valence-corrected chi connectivity index (χ2v) is 7.57. The predicted octanol–water partition coefficient (Wildman–Crippen LogP) is -0.486. The minimum Gasteiger partial charge on any atom is -0.394 e. The summed E-state index contributed by atoms with van der Waals surface area (Å²) >= 11 is 0. The van der Waals surface area contributed by atoms with Gasteiger partial charge in [0.05, 0.1) is 18.5 Å². The molecule has 4 rings (SSSR count). The van der Waals surface area contributed by atoms with E-state index in [1.54, 1.807) is 48.4 Å². The number of hydrogen-bond donors (Lipinski definition) is 5. The number of benzene rings is 1. The molecule has 6 atom stereocenters. The quantitative estimate of drug-likeness (QED) is 0.362. The Morgan fingerprint density at radius 1 is 1.13 bits per heavy atom. The molecule has 3 unspecified atom stereocenters. The van der Waals surface area contributed by atoms with E-state index in [9.17, 15) is 25.5 Å². The lowest BCUT2D eigenvalue weighted by Gasteiger charge is -2.42. The van der Waals surface area contributed by atoms with Gasteiger partial charge in [-0.3, -0.25) is 4.98 Å². The lowest BCUT2D eigenvalue weighted by Crippen LogP contribution is -2.59. The van der Waals surface area contributed by atoms with Crippen LogP contribution in [0.1, 0.15) is 17.2 Å². The van der Waals surface area contributed by atoms with Gasteiger partial charge in [0, 0.05) is 18.0 Å². The zero-order chi connectivity index (χ0) is 22.1. The topological polar surface area (TPSA) is 154 Å². The minimum absolute atomic E-state index is 0.473. The largest absolute Gasteiger partial charge is 0.394 e. The molecule has 1 fully saturated rings. The Balaban J connectivity index is 1.57. The maximum Gasteiger partial charge on any atom is 0.117 e. The number of aliphatic hydroxyl groups excluding tert-OH is 5. The molecule has 0 spiro atoms. The normalized spacial score (nSPS) is 27.2. The second-order valence-electron chi connectivity index (χ2n) is 7.57.